The van der Waals surface area contributed by atoms with Gasteiger partial charge in [0.05, 0.1) is 12.7 Å². The maximum Gasteiger partial charge on any atom is 0.222 e. The summed E-state index contributed by atoms with van der Waals surface area (Å²) in [5, 5.41) is 14.9. The van der Waals surface area contributed by atoms with Crippen LogP contribution in [0, 0.1) is 0 Å². The van der Waals surface area contributed by atoms with Crippen LogP contribution in [-0.2, 0) is 11.3 Å². The summed E-state index contributed by atoms with van der Waals surface area (Å²) in [6.07, 6.45) is 10.4. The molecule has 1 saturated heterocycles. The van der Waals surface area contributed by atoms with Crippen LogP contribution >= 0.6 is 0 Å². The molecule has 134 valence electrons. The Labute approximate surface area is 147 Å². The number of rotatable bonds is 7. The van der Waals surface area contributed by atoms with Gasteiger partial charge in [-0.3, -0.25) is 14.5 Å². The normalized spacial score (nSPS) is 20.0. The van der Waals surface area contributed by atoms with E-state index < -0.39 is 5.60 Å². The van der Waals surface area contributed by atoms with Crippen LogP contribution in [0.3, 0.4) is 0 Å². The molecule has 3 rings (SSSR count). The fourth-order valence-electron chi connectivity index (χ4n) is 3.18. The number of hydrogen-bond acceptors (Lipinski definition) is 6. The van der Waals surface area contributed by atoms with E-state index in [2.05, 4.69) is 15.1 Å². The second kappa shape index (κ2) is 7.60. The molecule has 2 aromatic heterocycles. The number of aromatic nitrogens is 4. The van der Waals surface area contributed by atoms with Crippen molar-refractivity contribution in [3.05, 3.63) is 37.1 Å². The van der Waals surface area contributed by atoms with Crippen LogP contribution in [0.5, 0.6) is 0 Å². The minimum atomic E-state index is -0.913. The number of hydrogen-bond donors (Lipinski definition) is 1. The van der Waals surface area contributed by atoms with Crippen LogP contribution in [-0.4, -0.2) is 67.9 Å². The number of β-amino-alcohol motifs (C(OH)–C–C–N with tert-alkyl or cyclic N) is 1. The van der Waals surface area contributed by atoms with Crippen LogP contribution in [0.25, 0.3) is 0 Å². The smallest absolute Gasteiger partial charge is 0.222 e. The summed E-state index contributed by atoms with van der Waals surface area (Å²) in [4.78, 5) is 24.3. The third-order valence-electron chi connectivity index (χ3n) is 4.50. The Bertz CT molecular complexity index is 678. The van der Waals surface area contributed by atoms with Gasteiger partial charge in [-0.2, -0.15) is 5.10 Å². The Hall–Kier alpha value is -2.48. The minimum Gasteiger partial charge on any atom is -0.386 e. The van der Waals surface area contributed by atoms with Gasteiger partial charge >= 0.3 is 0 Å². The average Bonchev–Trinajstić information content (AvgIpc) is 3.25. The summed E-state index contributed by atoms with van der Waals surface area (Å²) in [6, 6.07) is 1.87. The number of amides is 1. The fourth-order valence-corrected chi connectivity index (χ4v) is 3.18. The van der Waals surface area contributed by atoms with Gasteiger partial charge in [0.1, 0.15) is 11.4 Å². The first-order valence-corrected chi connectivity index (χ1v) is 8.50. The van der Waals surface area contributed by atoms with Crippen LogP contribution in [0.2, 0.25) is 0 Å². The van der Waals surface area contributed by atoms with Crippen LogP contribution in [0.1, 0.15) is 19.3 Å². The molecular formula is C17H24N6O2. The number of nitrogens with zero attached hydrogens (tertiary/aromatic N) is 6. The van der Waals surface area contributed by atoms with Crippen molar-refractivity contribution in [1.29, 1.82) is 0 Å². The van der Waals surface area contributed by atoms with E-state index in [-0.39, 0.29) is 5.91 Å². The zero-order chi connectivity index (χ0) is 17.7. The maximum atomic E-state index is 12.3. The summed E-state index contributed by atoms with van der Waals surface area (Å²) in [6.45, 7) is 2.20. The molecule has 0 bridgehead atoms. The lowest BCUT2D eigenvalue weighted by Gasteiger charge is -2.29. The summed E-state index contributed by atoms with van der Waals surface area (Å²) in [5.41, 5.74) is -0.913. The molecule has 3 heterocycles. The van der Waals surface area contributed by atoms with E-state index in [0.29, 0.717) is 32.5 Å². The lowest BCUT2D eigenvalue weighted by atomic mass is 10.0. The van der Waals surface area contributed by atoms with Crippen molar-refractivity contribution < 1.29 is 9.90 Å². The molecule has 1 aliphatic heterocycles. The van der Waals surface area contributed by atoms with Gasteiger partial charge in [0, 0.05) is 57.9 Å². The molecule has 0 aromatic carbocycles. The Balaban J connectivity index is 1.46. The molecule has 8 heteroatoms. The summed E-state index contributed by atoms with van der Waals surface area (Å²) in [5.74, 6) is 0.796. The van der Waals surface area contributed by atoms with Gasteiger partial charge in [-0.15, -0.1) is 0 Å². The first-order chi connectivity index (χ1) is 12.1. The van der Waals surface area contributed by atoms with Gasteiger partial charge < -0.3 is 14.9 Å². The molecule has 25 heavy (non-hydrogen) atoms. The summed E-state index contributed by atoms with van der Waals surface area (Å²) >= 11 is 0. The lowest BCUT2D eigenvalue weighted by Crippen LogP contribution is -2.45. The fraction of sp³-hybridized carbons (Fsp3) is 0.529. The highest BCUT2D eigenvalue weighted by molar-refractivity contribution is 5.75. The molecule has 1 atom stereocenters. The largest absolute Gasteiger partial charge is 0.386 e. The quantitative estimate of drug-likeness (QED) is 0.789. The molecule has 1 fully saturated rings. The monoisotopic (exact) mass is 344 g/mol. The van der Waals surface area contributed by atoms with Crippen molar-refractivity contribution >= 4 is 11.7 Å². The third-order valence-corrected chi connectivity index (χ3v) is 4.50. The van der Waals surface area contributed by atoms with Crippen LogP contribution < -0.4 is 4.90 Å². The van der Waals surface area contributed by atoms with E-state index in [1.807, 2.05) is 21.8 Å². The van der Waals surface area contributed by atoms with Gasteiger partial charge in [-0.1, -0.05) is 0 Å². The Morgan fingerprint density at radius 2 is 2.28 bits per heavy atom. The average molecular weight is 344 g/mol. The van der Waals surface area contributed by atoms with Crippen molar-refractivity contribution in [2.45, 2.75) is 31.4 Å². The lowest BCUT2D eigenvalue weighted by molar-refractivity contribution is -0.133. The number of carbonyl (C=O) groups is 1. The van der Waals surface area contributed by atoms with Crippen molar-refractivity contribution in [2.75, 3.05) is 31.6 Å². The van der Waals surface area contributed by atoms with E-state index in [4.69, 9.17) is 0 Å². The van der Waals surface area contributed by atoms with Gasteiger partial charge in [0.15, 0.2) is 0 Å². The molecule has 1 N–H and O–H groups in total. The summed E-state index contributed by atoms with van der Waals surface area (Å²) < 4.78 is 1.82. The van der Waals surface area contributed by atoms with Crippen molar-refractivity contribution in [3.63, 3.8) is 0 Å². The van der Waals surface area contributed by atoms with Gasteiger partial charge in [-0.25, -0.2) is 4.98 Å². The molecule has 0 spiro atoms. The minimum absolute atomic E-state index is 0.0403. The van der Waals surface area contributed by atoms with E-state index in [1.54, 1.807) is 36.7 Å². The Kier molecular flexibility index (Phi) is 5.28. The molecule has 1 aliphatic rings. The molecule has 2 aromatic rings. The molecule has 0 saturated carbocycles. The van der Waals surface area contributed by atoms with Crippen LogP contribution in [0.4, 0.5) is 5.82 Å². The van der Waals surface area contributed by atoms with Crippen molar-refractivity contribution in [1.82, 2.24) is 24.6 Å². The predicted octanol–water partition coefficient (Wildman–Crippen LogP) is 0.553. The number of carbonyl (C=O) groups excluding carboxylic acids is 1. The van der Waals surface area contributed by atoms with E-state index in [0.717, 1.165) is 18.8 Å². The van der Waals surface area contributed by atoms with Crippen molar-refractivity contribution in [2.24, 2.45) is 0 Å². The first kappa shape index (κ1) is 17.3. The van der Waals surface area contributed by atoms with E-state index in [1.165, 1.54) is 0 Å². The van der Waals surface area contributed by atoms with Crippen molar-refractivity contribution in [3.8, 4) is 0 Å². The second-order valence-electron chi connectivity index (χ2n) is 6.58. The predicted molar refractivity (Wildman–Crippen MR) is 92.9 cm³/mol. The SMILES string of the molecule is CN(C[C@@]1(O)CCN(c2cnccn2)C1)C(=O)CCCn1cccn1. The number of aliphatic hydroxyl groups is 1. The van der Waals surface area contributed by atoms with E-state index in [9.17, 15) is 9.90 Å². The van der Waals surface area contributed by atoms with Gasteiger partial charge in [0.25, 0.3) is 0 Å². The summed E-state index contributed by atoms with van der Waals surface area (Å²) in [7, 11) is 1.75. The zero-order valence-corrected chi connectivity index (χ0v) is 14.5. The standard InChI is InChI=1S/C17H24N6O2/c1-21(16(24)4-2-9-23-10-3-6-20-23)13-17(25)5-11-22(14-17)15-12-18-7-8-19-15/h3,6-8,10,12,25H,2,4-5,9,11,13-14H2,1H3/t17-/m0/s1. The van der Waals surface area contributed by atoms with Gasteiger partial charge in [-0.05, 0) is 18.9 Å². The highest BCUT2D eigenvalue weighted by Crippen LogP contribution is 2.25. The second-order valence-corrected chi connectivity index (χ2v) is 6.58. The molecule has 8 nitrogen and oxygen atoms in total. The first-order valence-electron chi connectivity index (χ1n) is 8.50. The van der Waals surface area contributed by atoms with E-state index >= 15 is 0 Å². The molecule has 1 amide bonds. The molecular weight excluding hydrogens is 320 g/mol. The topological polar surface area (TPSA) is 87.4 Å². The number of anilines is 1. The number of likely N-dealkylation sites (N-methyl/N-ethyl adjacent to an activating group) is 1. The highest BCUT2D eigenvalue weighted by Gasteiger charge is 2.38. The maximum absolute atomic E-state index is 12.3. The molecule has 0 aliphatic carbocycles. The van der Waals surface area contributed by atoms with Gasteiger partial charge in [0.2, 0.25) is 5.91 Å². The highest BCUT2D eigenvalue weighted by atomic mass is 16.3. The zero-order valence-electron chi connectivity index (χ0n) is 14.5. The molecule has 0 radical (unpaired) electrons. The molecule has 0 unspecified atom stereocenters. The third kappa shape index (κ3) is 4.54. The Morgan fingerprint density at radius 1 is 1.40 bits per heavy atom. The Morgan fingerprint density at radius 3 is 3.00 bits per heavy atom. The van der Waals surface area contributed by atoms with Crippen LogP contribution in [0.15, 0.2) is 37.1 Å². The number of aryl methyl sites for hydroxylation is 1.